The number of ether oxygens (including phenoxy) is 2. The van der Waals surface area contributed by atoms with Crippen LogP contribution < -0.4 is 0 Å². The Morgan fingerprint density at radius 2 is 1.90 bits per heavy atom. The molecule has 1 aromatic rings. The van der Waals surface area contributed by atoms with Crippen LogP contribution in [-0.4, -0.2) is 34.5 Å². The summed E-state index contributed by atoms with van der Waals surface area (Å²) < 4.78 is 39.8. The lowest BCUT2D eigenvalue weighted by Crippen LogP contribution is -2.27. The van der Waals surface area contributed by atoms with Gasteiger partial charge in [0.05, 0.1) is 24.7 Å². The zero-order chi connectivity index (χ0) is 15.3. The molecule has 0 bridgehead atoms. The molecular weight excluding hydrogens is 292 g/mol. The Kier molecular flexibility index (Phi) is 5.52. The number of hydrogen-bond donors (Lipinski definition) is 0. The second-order valence-electron chi connectivity index (χ2n) is 4.92. The van der Waals surface area contributed by atoms with E-state index in [1.807, 2.05) is 6.92 Å². The van der Waals surface area contributed by atoms with Gasteiger partial charge >= 0.3 is 0 Å². The fourth-order valence-corrected chi connectivity index (χ4v) is 2.81. The van der Waals surface area contributed by atoms with Crippen molar-refractivity contribution >= 4 is 10.1 Å². The van der Waals surface area contributed by atoms with Crippen LogP contribution in [0.1, 0.15) is 18.4 Å². The van der Waals surface area contributed by atoms with Crippen LogP contribution in [0.2, 0.25) is 0 Å². The lowest BCUT2D eigenvalue weighted by Gasteiger charge is -2.24. The van der Waals surface area contributed by atoms with E-state index in [1.54, 1.807) is 12.1 Å². The number of benzene rings is 1. The maximum absolute atomic E-state index is 12.0. The molecule has 0 aliphatic carbocycles. The van der Waals surface area contributed by atoms with Gasteiger partial charge in [0.2, 0.25) is 0 Å². The molecule has 0 radical (unpaired) electrons. The standard InChI is InChI=1S/C15H20O5S/c1-12-4-6-14(7-5-12)21(16,17)20-11-8-13(2)15-18-9-3-10-19-15/h4-7,15H,2-3,8-11H2,1H3. The first-order chi connectivity index (χ1) is 9.99. The van der Waals surface area contributed by atoms with Crippen molar-refractivity contribution in [2.24, 2.45) is 0 Å². The summed E-state index contributed by atoms with van der Waals surface area (Å²) >= 11 is 0. The summed E-state index contributed by atoms with van der Waals surface area (Å²) in [5, 5.41) is 0. The maximum atomic E-state index is 12.0. The Morgan fingerprint density at radius 3 is 2.52 bits per heavy atom. The summed E-state index contributed by atoms with van der Waals surface area (Å²) in [4.78, 5) is 0.156. The topological polar surface area (TPSA) is 61.8 Å². The smallest absolute Gasteiger partial charge is 0.296 e. The molecule has 1 aliphatic heterocycles. The Balaban J connectivity index is 1.84. The highest BCUT2D eigenvalue weighted by molar-refractivity contribution is 7.86. The molecule has 0 amide bonds. The lowest BCUT2D eigenvalue weighted by atomic mass is 10.2. The van der Waals surface area contributed by atoms with Gasteiger partial charge in [0.25, 0.3) is 10.1 Å². The van der Waals surface area contributed by atoms with Crippen molar-refractivity contribution in [1.82, 2.24) is 0 Å². The second kappa shape index (κ2) is 7.17. The first-order valence-corrected chi connectivity index (χ1v) is 8.27. The van der Waals surface area contributed by atoms with Crippen LogP contribution in [0.5, 0.6) is 0 Å². The normalized spacial score (nSPS) is 16.8. The molecule has 1 aromatic carbocycles. The fraction of sp³-hybridized carbons (Fsp3) is 0.467. The first-order valence-electron chi connectivity index (χ1n) is 6.86. The summed E-state index contributed by atoms with van der Waals surface area (Å²) in [7, 11) is -3.73. The highest BCUT2D eigenvalue weighted by atomic mass is 32.2. The van der Waals surface area contributed by atoms with E-state index in [4.69, 9.17) is 13.7 Å². The van der Waals surface area contributed by atoms with Crippen LogP contribution in [0, 0.1) is 6.92 Å². The first kappa shape index (κ1) is 16.2. The summed E-state index contributed by atoms with van der Waals surface area (Å²) in [5.74, 6) is 0. The van der Waals surface area contributed by atoms with Gasteiger partial charge in [-0.25, -0.2) is 0 Å². The fourth-order valence-electron chi connectivity index (χ4n) is 1.90. The van der Waals surface area contributed by atoms with Crippen LogP contribution >= 0.6 is 0 Å². The van der Waals surface area contributed by atoms with Crippen LogP contribution in [-0.2, 0) is 23.8 Å². The van der Waals surface area contributed by atoms with Crippen LogP contribution in [0.4, 0.5) is 0 Å². The number of aryl methyl sites for hydroxylation is 1. The van der Waals surface area contributed by atoms with E-state index in [9.17, 15) is 8.42 Å². The molecule has 0 atom stereocenters. The monoisotopic (exact) mass is 312 g/mol. The van der Waals surface area contributed by atoms with Crippen molar-refractivity contribution in [2.75, 3.05) is 19.8 Å². The second-order valence-corrected chi connectivity index (χ2v) is 6.54. The van der Waals surface area contributed by atoms with Crippen molar-refractivity contribution in [3.8, 4) is 0 Å². The van der Waals surface area contributed by atoms with E-state index in [0.717, 1.165) is 12.0 Å². The summed E-state index contributed by atoms with van der Waals surface area (Å²) in [6, 6.07) is 6.54. The number of rotatable bonds is 6. The van der Waals surface area contributed by atoms with Crippen molar-refractivity contribution in [3.05, 3.63) is 42.0 Å². The minimum absolute atomic E-state index is 0.0261. The molecule has 116 valence electrons. The molecule has 0 N–H and O–H groups in total. The third kappa shape index (κ3) is 4.64. The average Bonchev–Trinajstić information content (AvgIpc) is 2.48. The molecule has 2 rings (SSSR count). The van der Waals surface area contributed by atoms with E-state index in [-0.39, 0.29) is 11.5 Å². The molecule has 0 unspecified atom stereocenters. The molecule has 0 saturated carbocycles. The third-order valence-corrected chi connectivity index (χ3v) is 4.46. The zero-order valence-electron chi connectivity index (χ0n) is 12.1. The van der Waals surface area contributed by atoms with Crippen LogP contribution in [0.15, 0.2) is 41.3 Å². The predicted octanol–water partition coefficient (Wildman–Crippen LogP) is 2.41. The van der Waals surface area contributed by atoms with Crippen molar-refractivity contribution in [2.45, 2.75) is 31.0 Å². The largest absolute Gasteiger partial charge is 0.349 e. The summed E-state index contributed by atoms with van der Waals surface area (Å²) in [6.45, 7) is 7.04. The summed E-state index contributed by atoms with van der Waals surface area (Å²) in [6.07, 6.45) is 0.780. The van der Waals surface area contributed by atoms with E-state index < -0.39 is 16.4 Å². The quantitative estimate of drug-likeness (QED) is 0.596. The Hall–Kier alpha value is -1.21. The van der Waals surface area contributed by atoms with Crippen molar-refractivity contribution in [3.63, 3.8) is 0 Å². The minimum atomic E-state index is -3.73. The molecule has 1 saturated heterocycles. The van der Waals surface area contributed by atoms with Gasteiger partial charge in [-0.05, 0) is 37.5 Å². The van der Waals surface area contributed by atoms with E-state index in [2.05, 4.69) is 6.58 Å². The molecule has 0 aromatic heterocycles. The van der Waals surface area contributed by atoms with Gasteiger partial charge in [0.15, 0.2) is 6.29 Å². The highest BCUT2D eigenvalue weighted by Crippen LogP contribution is 2.18. The average molecular weight is 312 g/mol. The van der Waals surface area contributed by atoms with Gasteiger partial charge in [-0.2, -0.15) is 8.42 Å². The van der Waals surface area contributed by atoms with Crippen LogP contribution in [0.3, 0.4) is 0 Å². The highest BCUT2D eigenvalue weighted by Gasteiger charge is 2.19. The molecular formula is C15H20O5S. The van der Waals surface area contributed by atoms with Gasteiger partial charge in [0.1, 0.15) is 0 Å². The third-order valence-electron chi connectivity index (χ3n) is 3.13. The molecule has 1 fully saturated rings. The van der Waals surface area contributed by atoms with Gasteiger partial charge in [-0.1, -0.05) is 24.3 Å². The van der Waals surface area contributed by atoms with Crippen molar-refractivity contribution in [1.29, 1.82) is 0 Å². The zero-order valence-corrected chi connectivity index (χ0v) is 12.9. The van der Waals surface area contributed by atoms with Gasteiger partial charge in [0, 0.05) is 0 Å². The molecule has 5 nitrogen and oxygen atoms in total. The summed E-state index contributed by atoms with van der Waals surface area (Å²) in [5.41, 5.74) is 1.68. The van der Waals surface area contributed by atoms with Gasteiger partial charge in [-0.15, -0.1) is 0 Å². The lowest BCUT2D eigenvalue weighted by molar-refractivity contribution is -0.157. The van der Waals surface area contributed by atoms with E-state index in [0.29, 0.717) is 25.2 Å². The van der Waals surface area contributed by atoms with Crippen LogP contribution in [0.25, 0.3) is 0 Å². The Labute approximate surface area is 125 Å². The Bertz CT molecular complexity index is 571. The molecule has 1 aliphatic rings. The molecule has 21 heavy (non-hydrogen) atoms. The molecule has 0 spiro atoms. The molecule has 1 heterocycles. The maximum Gasteiger partial charge on any atom is 0.296 e. The predicted molar refractivity (Wildman–Crippen MR) is 78.4 cm³/mol. The Morgan fingerprint density at radius 1 is 1.29 bits per heavy atom. The SMILES string of the molecule is C=C(CCOS(=O)(=O)c1ccc(C)cc1)C1OCCCO1. The number of hydrogen-bond acceptors (Lipinski definition) is 5. The van der Waals surface area contributed by atoms with E-state index in [1.165, 1.54) is 12.1 Å². The van der Waals surface area contributed by atoms with E-state index >= 15 is 0 Å². The van der Waals surface area contributed by atoms with Crippen molar-refractivity contribution < 1.29 is 22.1 Å². The molecule has 6 heteroatoms. The van der Waals surface area contributed by atoms with Gasteiger partial charge < -0.3 is 9.47 Å². The van der Waals surface area contributed by atoms with Gasteiger partial charge in [-0.3, -0.25) is 4.18 Å². The minimum Gasteiger partial charge on any atom is -0.349 e.